The molecule has 1 fully saturated rings. The van der Waals surface area contributed by atoms with Crippen molar-refractivity contribution in [1.29, 1.82) is 0 Å². The highest BCUT2D eigenvalue weighted by Gasteiger charge is 2.21. The van der Waals surface area contributed by atoms with E-state index in [4.69, 9.17) is 4.98 Å². The Kier molecular flexibility index (Phi) is 4.75. The third-order valence-corrected chi connectivity index (χ3v) is 3.86. The van der Waals surface area contributed by atoms with Crippen molar-refractivity contribution in [3.05, 3.63) is 17.6 Å². The van der Waals surface area contributed by atoms with Gasteiger partial charge in [-0.1, -0.05) is 0 Å². The summed E-state index contributed by atoms with van der Waals surface area (Å²) in [6.45, 7) is 11.9. The average Bonchev–Trinajstić information content (AvgIpc) is 2.40. The van der Waals surface area contributed by atoms with Crippen LogP contribution in [0.3, 0.4) is 0 Å². The van der Waals surface area contributed by atoms with Crippen LogP contribution in [0.1, 0.15) is 38.1 Å². The van der Waals surface area contributed by atoms with E-state index in [9.17, 15) is 0 Å². The second-order valence-corrected chi connectivity index (χ2v) is 5.86. The number of rotatable bonds is 4. The Morgan fingerprint density at radius 3 is 2.63 bits per heavy atom. The summed E-state index contributed by atoms with van der Waals surface area (Å²) < 4.78 is 0. The van der Waals surface area contributed by atoms with Crippen molar-refractivity contribution < 1.29 is 0 Å². The third-order valence-electron chi connectivity index (χ3n) is 3.86. The zero-order valence-corrected chi connectivity index (χ0v) is 12.6. The minimum atomic E-state index is 0.463. The number of hydrogen-bond acceptors (Lipinski definition) is 4. The average molecular weight is 262 g/mol. The summed E-state index contributed by atoms with van der Waals surface area (Å²) in [5.74, 6) is 1.83. The summed E-state index contributed by atoms with van der Waals surface area (Å²) in [5, 5.41) is 3.43. The lowest BCUT2D eigenvalue weighted by molar-refractivity contribution is 0.366. The maximum absolute atomic E-state index is 4.71. The van der Waals surface area contributed by atoms with Gasteiger partial charge in [0.2, 0.25) is 0 Å². The zero-order valence-electron chi connectivity index (χ0n) is 12.6. The van der Waals surface area contributed by atoms with Gasteiger partial charge < -0.3 is 10.2 Å². The Hall–Kier alpha value is -1.16. The molecule has 0 aromatic carbocycles. The third kappa shape index (κ3) is 3.66. The van der Waals surface area contributed by atoms with Gasteiger partial charge in [0, 0.05) is 18.8 Å². The number of hydrogen-bond donors (Lipinski definition) is 1. The molecule has 1 aliphatic heterocycles. The van der Waals surface area contributed by atoms with Crippen molar-refractivity contribution in [1.82, 2.24) is 15.3 Å². The first-order valence-corrected chi connectivity index (χ1v) is 7.35. The summed E-state index contributed by atoms with van der Waals surface area (Å²) in [5.41, 5.74) is 2.03. The van der Waals surface area contributed by atoms with Gasteiger partial charge in [0.25, 0.3) is 0 Å². The Labute approximate surface area is 116 Å². The van der Waals surface area contributed by atoms with Gasteiger partial charge in [0.15, 0.2) is 5.82 Å². The summed E-state index contributed by atoms with van der Waals surface area (Å²) in [4.78, 5) is 11.6. The minimum Gasteiger partial charge on any atom is -0.352 e. The summed E-state index contributed by atoms with van der Waals surface area (Å²) >= 11 is 0. The molecule has 1 N–H and O–H groups in total. The van der Waals surface area contributed by atoms with Crippen molar-refractivity contribution in [2.45, 2.75) is 46.6 Å². The van der Waals surface area contributed by atoms with Crippen molar-refractivity contribution in [2.24, 2.45) is 5.92 Å². The minimum absolute atomic E-state index is 0.463. The highest BCUT2D eigenvalue weighted by atomic mass is 15.2. The van der Waals surface area contributed by atoms with E-state index >= 15 is 0 Å². The molecule has 1 saturated heterocycles. The monoisotopic (exact) mass is 262 g/mol. The fourth-order valence-corrected chi connectivity index (χ4v) is 2.68. The number of piperidine rings is 1. The molecule has 1 aromatic heterocycles. The molecule has 19 heavy (non-hydrogen) atoms. The largest absolute Gasteiger partial charge is 0.352 e. The first-order valence-electron chi connectivity index (χ1n) is 7.35. The van der Waals surface area contributed by atoms with Crippen LogP contribution in [0.15, 0.2) is 6.20 Å². The van der Waals surface area contributed by atoms with Crippen LogP contribution in [0, 0.1) is 19.8 Å². The summed E-state index contributed by atoms with van der Waals surface area (Å²) in [7, 11) is 0. The van der Waals surface area contributed by atoms with Gasteiger partial charge in [0.1, 0.15) is 0 Å². The predicted molar refractivity (Wildman–Crippen MR) is 79.6 cm³/mol. The van der Waals surface area contributed by atoms with E-state index in [1.165, 1.54) is 12.8 Å². The molecule has 0 bridgehead atoms. The second-order valence-electron chi connectivity index (χ2n) is 5.86. The smallest absolute Gasteiger partial charge is 0.150 e. The van der Waals surface area contributed by atoms with Crippen LogP contribution in [0.5, 0.6) is 0 Å². The van der Waals surface area contributed by atoms with Crippen molar-refractivity contribution in [3.8, 4) is 0 Å². The van der Waals surface area contributed by atoms with Crippen LogP contribution >= 0.6 is 0 Å². The van der Waals surface area contributed by atoms with E-state index in [0.717, 1.165) is 42.8 Å². The van der Waals surface area contributed by atoms with E-state index in [1.54, 1.807) is 0 Å². The SMILES string of the molecule is Cc1cnc(C)c(N(CC2CCNCC2)C(C)C)n1. The molecule has 106 valence electrons. The molecule has 4 nitrogen and oxygen atoms in total. The Morgan fingerprint density at radius 1 is 1.32 bits per heavy atom. The van der Waals surface area contributed by atoms with Crippen LogP contribution in [0.25, 0.3) is 0 Å². The molecule has 2 heterocycles. The van der Waals surface area contributed by atoms with Crippen molar-refractivity contribution >= 4 is 5.82 Å². The number of nitrogens with zero attached hydrogens (tertiary/aromatic N) is 3. The molecular formula is C15H26N4. The second kappa shape index (κ2) is 6.33. The van der Waals surface area contributed by atoms with Gasteiger partial charge in [0.05, 0.1) is 11.4 Å². The normalized spacial score (nSPS) is 16.9. The standard InChI is InChI=1S/C15H26N4/c1-11(2)19(10-14-5-7-16-8-6-14)15-13(4)17-9-12(3)18-15/h9,11,14,16H,5-8,10H2,1-4H3. The molecule has 0 atom stereocenters. The van der Waals surface area contributed by atoms with E-state index in [-0.39, 0.29) is 0 Å². The van der Waals surface area contributed by atoms with Gasteiger partial charge in [-0.15, -0.1) is 0 Å². The lowest BCUT2D eigenvalue weighted by Gasteiger charge is -2.34. The fraction of sp³-hybridized carbons (Fsp3) is 0.733. The highest BCUT2D eigenvalue weighted by Crippen LogP contribution is 2.22. The van der Waals surface area contributed by atoms with Crippen molar-refractivity contribution in [2.75, 3.05) is 24.5 Å². The van der Waals surface area contributed by atoms with Gasteiger partial charge in [-0.2, -0.15) is 0 Å². The molecule has 4 heteroatoms. The molecule has 1 aliphatic rings. The van der Waals surface area contributed by atoms with Gasteiger partial charge in [-0.3, -0.25) is 4.98 Å². The van der Waals surface area contributed by atoms with E-state index in [0.29, 0.717) is 6.04 Å². The van der Waals surface area contributed by atoms with E-state index in [1.807, 2.05) is 13.1 Å². The molecule has 0 radical (unpaired) electrons. The number of nitrogens with one attached hydrogen (secondary N) is 1. The molecule has 1 aromatic rings. The Morgan fingerprint density at radius 2 is 2.00 bits per heavy atom. The molecular weight excluding hydrogens is 236 g/mol. The first-order chi connectivity index (χ1) is 9.08. The quantitative estimate of drug-likeness (QED) is 0.904. The summed E-state index contributed by atoms with van der Waals surface area (Å²) in [6.07, 6.45) is 4.38. The fourth-order valence-electron chi connectivity index (χ4n) is 2.68. The summed E-state index contributed by atoms with van der Waals surface area (Å²) in [6, 6.07) is 0.463. The predicted octanol–water partition coefficient (Wildman–Crippen LogP) is 2.31. The molecule has 0 unspecified atom stereocenters. The molecule has 2 rings (SSSR count). The first kappa shape index (κ1) is 14.3. The number of aromatic nitrogens is 2. The Balaban J connectivity index is 2.16. The van der Waals surface area contributed by atoms with Crippen LogP contribution in [-0.2, 0) is 0 Å². The number of anilines is 1. The number of aryl methyl sites for hydroxylation is 2. The van der Waals surface area contributed by atoms with Crippen LogP contribution < -0.4 is 10.2 Å². The zero-order chi connectivity index (χ0) is 13.8. The van der Waals surface area contributed by atoms with Crippen LogP contribution in [0.2, 0.25) is 0 Å². The van der Waals surface area contributed by atoms with Gasteiger partial charge in [-0.05, 0) is 59.5 Å². The van der Waals surface area contributed by atoms with Crippen LogP contribution in [-0.4, -0.2) is 35.6 Å². The molecule has 0 aliphatic carbocycles. The van der Waals surface area contributed by atoms with Crippen molar-refractivity contribution in [3.63, 3.8) is 0 Å². The van der Waals surface area contributed by atoms with E-state index in [2.05, 4.69) is 36.0 Å². The maximum atomic E-state index is 4.71. The molecule has 0 saturated carbocycles. The lowest BCUT2D eigenvalue weighted by atomic mass is 9.97. The lowest BCUT2D eigenvalue weighted by Crippen LogP contribution is -2.40. The van der Waals surface area contributed by atoms with Crippen LogP contribution in [0.4, 0.5) is 5.82 Å². The molecule has 0 amide bonds. The molecule has 0 spiro atoms. The van der Waals surface area contributed by atoms with Gasteiger partial charge in [-0.25, -0.2) is 4.98 Å². The topological polar surface area (TPSA) is 41.1 Å². The maximum Gasteiger partial charge on any atom is 0.150 e. The highest BCUT2D eigenvalue weighted by molar-refractivity contribution is 5.44. The Bertz CT molecular complexity index is 411. The van der Waals surface area contributed by atoms with Gasteiger partial charge >= 0.3 is 0 Å². The van der Waals surface area contributed by atoms with E-state index < -0.39 is 0 Å².